The van der Waals surface area contributed by atoms with Crippen LogP contribution in [0, 0.1) is 17.5 Å². The number of hydrogen-bond donors (Lipinski definition) is 0. The van der Waals surface area contributed by atoms with Crippen molar-refractivity contribution >= 4 is 65.7 Å². The zero-order valence-corrected chi connectivity index (χ0v) is 45.6. The molecular weight excluding hydrogens is 1070 g/mol. The molecule has 0 fully saturated rings. The molecule has 0 spiro atoms. The molecule has 0 aliphatic heterocycles. The fourth-order valence-corrected chi connectivity index (χ4v) is 10.1. The first-order valence-electron chi connectivity index (χ1n) is 26.2. The molecule has 12 aromatic rings. The Balaban J connectivity index is 0.000000323. The van der Waals surface area contributed by atoms with Gasteiger partial charge in [-0.15, -0.1) is 54.1 Å². The van der Waals surface area contributed by atoms with Gasteiger partial charge in [-0.25, -0.2) is 0 Å². The van der Waals surface area contributed by atoms with Crippen LogP contribution in [-0.4, -0.2) is 14.5 Å². The number of rotatable bonds is 7. The summed E-state index contributed by atoms with van der Waals surface area (Å²) in [6.07, 6.45) is 0.287. The number of para-hydroxylation sites is 1. The third kappa shape index (κ3) is 9.44. The molecule has 1 radical (unpaired) electrons. The van der Waals surface area contributed by atoms with E-state index < -0.39 is 11.8 Å². The summed E-state index contributed by atoms with van der Waals surface area (Å²) in [5.74, 6) is 1.05. The summed E-state index contributed by atoms with van der Waals surface area (Å²) in [6, 6.07) is 60.8. The van der Waals surface area contributed by atoms with E-state index in [0.717, 1.165) is 88.4 Å². The molecule has 0 aliphatic carbocycles. The van der Waals surface area contributed by atoms with Crippen molar-refractivity contribution in [3.63, 3.8) is 0 Å². The van der Waals surface area contributed by atoms with E-state index in [0.29, 0.717) is 11.1 Å². The van der Waals surface area contributed by atoms with E-state index in [1.54, 1.807) is 0 Å². The zero-order chi connectivity index (χ0) is 51.8. The molecular formula is C67H61IrN3O2-2. The number of imidazole rings is 1. The Morgan fingerprint density at radius 2 is 1.29 bits per heavy atom. The second-order valence-corrected chi connectivity index (χ2v) is 21.8. The number of aromatic nitrogens is 3. The smallest absolute Gasteiger partial charge is 0.136 e. The van der Waals surface area contributed by atoms with Gasteiger partial charge in [-0.2, -0.15) is 0 Å². The standard InChI is InChI=1S/C52H45N2O2.C15H16N.Ir/c1-30(2)39-25-35(33-14-9-8-10-15-33)26-40(31(3)4)48(39)54-49-41-24-32(29-52(5,6)7)20-21-34(41)22-23-44(49)53-51(54)38-18-13-17-37-43-28-46-42(27-47(43)56-50(37)38)36-16-11-12-19-45(36)55-46;1-15(2,3)13-9-10-16-14(11-13)12-7-5-4-6-8-12;/h8-17,19-28,30-31H,29H2,1-7H3;4-7,9-11H,1-3H3;/q2*-1;/i29D2;;. The maximum Gasteiger partial charge on any atom is 0.136 e. The van der Waals surface area contributed by atoms with Crippen LogP contribution in [0.25, 0.3) is 105 Å². The van der Waals surface area contributed by atoms with Crippen LogP contribution in [0.15, 0.2) is 173 Å². The first-order chi connectivity index (χ1) is 35.4. The molecule has 0 saturated carbocycles. The molecule has 0 atom stereocenters. The quantitative estimate of drug-likeness (QED) is 0.149. The molecule has 12 rings (SSSR count). The van der Waals surface area contributed by atoms with E-state index in [1.165, 1.54) is 27.8 Å². The molecule has 6 heteroatoms. The van der Waals surface area contributed by atoms with Crippen LogP contribution in [-0.2, 0) is 31.9 Å². The number of nitrogens with zero attached hydrogens (tertiary/aromatic N) is 3. The summed E-state index contributed by atoms with van der Waals surface area (Å²) in [4.78, 5) is 9.89. The van der Waals surface area contributed by atoms with E-state index in [2.05, 4.69) is 173 Å². The van der Waals surface area contributed by atoms with Crippen molar-refractivity contribution < 1.29 is 31.7 Å². The number of hydrogen-bond acceptors (Lipinski definition) is 4. The summed E-state index contributed by atoms with van der Waals surface area (Å²) in [5.41, 5.74) is 15.0. The minimum Gasteiger partial charge on any atom is -0.501 e. The van der Waals surface area contributed by atoms with Gasteiger partial charge in [0.2, 0.25) is 0 Å². The fraction of sp³-hybridized carbons (Fsp3) is 0.224. The Morgan fingerprint density at radius 3 is 1.99 bits per heavy atom. The van der Waals surface area contributed by atoms with E-state index >= 15 is 0 Å². The Hall–Kier alpha value is -7.11. The minimum atomic E-state index is -1.58. The van der Waals surface area contributed by atoms with E-state index in [1.807, 2.05) is 81.6 Å². The third-order valence-electron chi connectivity index (χ3n) is 13.7. The van der Waals surface area contributed by atoms with E-state index in [-0.39, 0.29) is 37.4 Å². The van der Waals surface area contributed by atoms with Gasteiger partial charge in [0.05, 0.1) is 22.4 Å². The largest absolute Gasteiger partial charge is 0.501 e. The topological polar surface area (TPSA) is 57.0 Å². The number of furan rings is 2. The molecule has 8 aromatic carbocycles. The van der Waals surface area contributed by atoms with Gasteiger partial charge in [-0.1, -0.05) is 153 Å². The molecule has 0 aliphatic rings. The van der Waals surface area contributed by atoms with Gasteiger partial charge in [0.1, 0.15) is 16.7 Å². The van der Waals surface area contributed by atoms with Gasteiger partial charge in [0.25, 0.3) is 0 Å². The monoisotopic (exact) mass is 1130 g/mol. The van der Waals surface area contributed by atoms with E-state index in [4.69, 9.17) is 13.8 Å². The maximum atomic E-state index is 9.30. The molecule has 4 heterocycles. The van der Waals surface area contributed by atoms with E-state index in [9.17, 15) is 2.74 Å². The van der Waals surface area contributed by atoms with Crippen LogP contribution < -0.4 is 0 Å². The van der Waals surface area contributed by atoms with Crippen molar-refractivity contribution in [1.29, 1.82) is 0 Å². The summed E-state index contributed by atoms with van der Waals surface area (Å²) in [6.45, 7) is 21.5. The van der Waals surface area contributed by atoms with Crippen molar-refractivity contribution in [2.24, 2.45) is 5.41 Å². The summed E-state index contributed by atoms with van der Waals surface area (Å²) in [7, 11) is 0. The number of benzene rings is 8. The Morgan fingerprint density at radius 1 is 0.603 bits per heavy atom. The maximum absolute atomic E-state index is 9.30. The first-order valence-corrected chi connectivity index (χ1v) is 25.2. The normalized spacial score (nSPS) is 12.8. The van der Waals surface area contributed by atoms with Crippen LogP contribution in [0.2, 0.25) is 0 Å². The predicted octanol–water partition coefficient (Wildman–Crippen LogP) is 18.8. The molecule has 0 N–H and O–H groups in total. The second kappa shape index (κ2) is 19.4. The average Bonchev–Trinajstić information content (AvgIpc) is 4.09. The van der Waals surface area contributed by atoms with Gasteiger partial charge in [0.15, 0.2) is 0 Å². The van der Waals surface area contributed by atoms with Gasteiger partial charge < -0.3 is 18.4 Å². The number of pyridine rings is 1. The molecule has 4 aromatic heterocycles. The Kier molecular flexibility index (Phi) is 12.5. The van der Waals surface area contributed by atoms with Crippen molar-refractivity contribution in [2.45, 2.75) is 92.9 Å². The van der Waals surface area contributed by atoms with Crippen LogP contribution >= 0.6 is 0 Å². The zero-order valence-electron chi connectivity index (χ0n) is 45.2. The van der Waals surface area contributed by atoms with Crippen LogP contribution in [0.4, 0.5) is 0 Å². The SMILES string of the molecule is CC(C)(C)c1ccnc(-c2[c-]cccc2)c1.[2H]C([2H])(c1ccc2ccc3nc(-c4[c-]ccc5c4oc4cc6c(cc45)oc4ccccc46)n(-c4c(C(C)C)cc(-c5ccccc5)cc4C(C)C)c3c2c1)C(C)(C)C.[Ir]. The van der Waals surface area contributed by atoms with Gasteiger partial charge in [-0.05, 0) is 122 Å². The molecule has 0 saturated heterocycles. The van der Waals surface area contributed by atoms with Crippen molar-refractivity contribution in [1.82, 2.24) is 14.5 Å². The average molecular weight is 1130 g/mol. The molecule has 73 heavy (non-hydrogen) atoms. The van der Waals surface area contributed by atoms with Crippen LogP contribution in [0.1, 0.15) is 106 Å². The van der Waals surface area contributed by atoms with Crippen molar-refractivity contribution in [3.8, 4) is 39.5 Å². The summed E-state index contributed by atoms with van der Waals surface area (Å²) >= 11 is 0. The summed E-state index contributed by atoms with van der Waals surface area (Å²) < 4.78 is 34.2. The molecule has 5 nitrogen and oxygen atoms in total. The molecule has 0 bridgehead atoms. The van der Waals surface area contributed by atoms with Gasteiger partial charge in [-0.3, -0.25) is 4.98 Å². The summed E-state index contributed by atoms with van der Waals surface area (Å²) in [5, 5.41) is 5.96. The third-order valence-corrected chi connectivity index (χ3v) is 13.7. The van der Waals surface area contributed by atoms with Crippen molar-refractivity contribution in [2.75, 3.05) is 0 Å². The fourth-order valence-electron chi connectivity index (χ4n) is 10.1. The number of fused-ring (bicyclic) bond motifs is 9. The Bertz CT molecular complexity index is 4050. The van der Waals surface area contributed by atoms with Gasteiger partial charge >= 0.3 is 0 Å². The van der Waals surface area contributed by atoms with Gasteiger partial charge in [0, 0.05) is 56.3 Å². The molecule has 367 valence electrons. The van der Waals surface area contributed by atoms with Crippen LogP contribution in [0.5, 0.6) is 0 Å². The van der Waals surface area contributed by atoms with Crippen molar-refractivity contribution in [3.05, 3.63) is 198 Å². The van der Waals surface area contributed by atoms with Crippen LogP contribution in [0.3, 0.4) is 0 Å². The predicted molar refractivity (Wildman–Crippen MR) is 301 cm³/mol. The first kappa shape index (κ1) is 46.9. The Labute approximate surface area is 445 Å². The molecule has 0 unspecified atom stereocenters. The second-order valence-electron chi connectivity index (χ2n) is 21.8. The minimum absolute atomic E-state index is 0. The molecule has 0 amide bonds.